The summed E-state index contributed by atoms with van der Waals surface area (Å²) in [5, 5.41) is 18.7. The number of carbonyl (C=O) groups is 2. The van der Waals surface area contributed by atoms with Crippen molar-refractivity contribution in [3.8, 4) is 11.5 Å². The van der Waals surface area contributed by atoms with Crippen LogP contribution in [0.3, 0.4) is 0 Å². The summed E-state index contributed by atoms with van der Waals surface area (Å²) >= 11 is 0. The van der Waals surface area contributed by atoms with Crippen LogP contribution in [0.2, 0.25) is 0 Å². The molecule has 9 nitrogen and oxygen atoms in total. The zero-order chi connectivity index (χ0) is 27.4. The van der Waals surface area contributed by atoms with Gasteiger partial charge in [-0.15, -0.1) is 0 Å². The predicted molar refractivity (Wildman–Crippen MR) is 147 cm³/mol. The Kier molecular flexibility index (Phi) is 7.99. The van der Waals surface area contributed by atoms with Gasteiger partial charge in [-0.05, 0) is 61.4 Å². The second-order valence-electron chi connectivity index (χ2n) is 9.87. The molecule has 204 valence electrons. The zero-order valence-corrected chi connectivity index (χ0v) is 21.9. The van der Waals surface area contributed by atoms with Crippen LogP contribution in [0, 0.1) is 0 Å². The van der Waals surface area contributed by atoms with Crippen LogP contribution in [0.15, 0.2) is 72.8 Å². The Hall–Kier alpha value is -4.08. The van der Waals surface area contributed by atoms with Crippen molar-refractivity contribution in [3.63, 3.8) is 0 Å². The molecule has 4 N–H and O–H groups in total. The van der Waals surface area contributed by atoms with Gasteiger partial charge < -0.3 is 35.3 Å². The van der Waals surface area contributed by atoms with Crippen molar-refractivity contribution < 1.29 is 28.9 Å². The van der Waals surface area contributed by atoms with Crippen LogP contribution in [-0.2, 0) is 9.53 Å². The number of amides is 3. The molecule has 5 rings (SSSR count). The minimum absolute atomic E-state index is 0.0818. The third-order valence-electron chi connectivity index (χ3n) is 7.20. The summed E-state index contributed by atoms with van der Waals surface area (Å²) in [7, 11) is 1.59. The summed E-state index contributed by atoms with van der Waals surface area (Å²) in [4.78, 5) is 25.4. The minimum atomic E-state index is -0.560. The Morgan fingerprint density at radius 2 is 1.74 bits per heavy atom. The largest absolute Gasteiger partial charge is 0.497 e. The predicted octanol–water partition coefficient (Wildman–Crippen LogP) is 4.60. The molecule has 39 heavy (non-hydrogen) atoms. The number of aliphatic hydroxyl groups excluding tert-OH is 1. The highest BCUT2D eigenvalue weighted by atomic mass is 16.6. The van der Waals surface area contributed by atoms with E-state index in [4.69, 9.17) is 14.2 Å². The number of anilines is 2. The number of hydrogen-bond acceptors (Lipinski definition) is 6. The van der Waals surface area contributed by atoms with E-state index in [-0.39, 0.29) is 49.1 Å². The maximum Gasteiger partial charge on any atom is 0.323 e. The number of benzene rings is 3. The number of fused-ring (bicyclic) bond motifs is 3. The van der Waals surface area contributed by atoms with Crippen LogP contribution in [0.5, 0.6) is 11.5 Å². The molecule has 0 aliphatic carbocycles. The first kappa shape index (κ1) is 26.5. The van der Waals surface area contributed by atoms with Gasteiger partial charge in [0.1, 0.15) is 23.7 Å². The Balaban J connectivity index is 1.23. The van der Waals surface area contributed by atoms with Gasteiger partial charge in [0, 0.05) is 22.9 Å². The van der Waals surface area contributed by atoms with Crippen molar-refractivity contribution in [3.05, 3.63) is 83.9 Å². The lowest BCUT2D eigenvalue weighted by Gasteiger charge is -2.37. The van der Waals surface area contributed by atoms with Gasteiger partial charge >= 0.3 is 6.03 Å². The molecule has 3 amide bonds. The molecule has 3 aromatic rings. The average molecular weight is 532 g/mol. The van der Waals surface area contributed by atoms with Crippen molar-refractivity contribution >= 4 is 23.3 Å². The van der Waals surface area contributed by atoms with E-state index in [0.29, 0.717) is 29.3 Å². The number of carbonyl (C=O) groups excluding carboxylic acids is 2. The van der Waals surface area contributed by atoms with Gasteiger partial charge in [0.25, 0.3) is 0 Å². The van der Waals surface area contributed by atoms with E-state index >= 15 is 0 Å². The molecule has 0 bridgehead atoms. The van der Waals surface area contributed by atoms with Crippen molar-refractivity contribution in [1.82, 2.24) is 5.32 Å². The third kappa shape index (κ3) is 6.16. The summed E-state index contributed by atoms with van der Waals surface area (Å²) in [6.07, 6.45) is -0.570. The lowest BCUT2D eigenvalue weighted by molar-refractivity contribution is -0.142. The molecule has 5 atom stereocenters. The van der Waals surface area contributed by atoms with E-state index in [9.17, 15) is 14.7 Å². The molecule has 2 aliphatic heterocycles. The molecule has 0 saturated carbocycles. The smallest absolute Gasteiger partial charge is 0.323 e. The maximum atomic E-state index is 12.8. The van der Waals surface area contributed by atoms with E-state index in [2.05, 4.69) is 16.0 Å². The number of methoxy groups -OCH3 is 1. The summed E-state index contributed by atoms with van der Waals surface area (Å²) in [6, 6.07) is 21.8. The molecule has 0 spiro atoms. The quantitative estimate of drug-likeness (QED) is 0.337. The second-order valence-corrected chi connectivity index (χ2v) is 9.87. The van der Waals surface area contributed by atoms with Crippen LogP contribution >= 0.6 is 0 Å². The van der Waals surface area contributed by atoms with E-state index in [0.717, 1.165) is 11.1 Å². The Labute approximate surface area is 227 Å². The van der Waals surface area contributed by atoms with Gasteiger partial charge in [0.2, 0.25) is 5.91 Å². The molecule has 0 unspecified atom stereocenters. The van der Waals surface area contributed by atoms with Crippen LogP contribution < -0.4 is 25.4 Å². The topological polar surface area (TPSA) is 118 Å². The first-order chi connectivity index (χ1) is 18.9. The number of rotatable bonds is 8. The van der Waals surface area contributed by atoms with E-state index in [1.54, 1.807) is 37.4 Å². The fraction of sp³-hybridized carbons (Fsp3) is 0.333. The number of hydrogen-bond donors (Lipinski definition) is 4. The minimum Gasteiger partial charge on any atom is -0.497 e. The number of urea groups is 1. The fourth-order valence-corrected chi connectivity index (χ4v) is 5.27. The van der Waals surface area contributed by atoms with Crippen LogP contribution in [-0.4, -0.2) is 49.1 Å². The van der Waals surface area contributed by atoms with Crippen molar-refractivity contribution in [1.29, 1.82) is 0 Å². The van der Waals surface area contributed by atoms with Gasteiger partial charge in [-0.3, -0.25) is 4.79 Å². The van der Waals surface area contributed by atoms with Crippen LogP contribution in [0.1, 0.15) is 42.9 Å². The Morgan fingerprint density at radius 1 is 1.03 bits per heavy atom. The molecule has 3 aromatic carbocycles. The standard InChI is InChI=1S/C30H33N3O6/c1-18(19-6-4-3-5-7-19)31-28(35)16-23-15-25-24-14-21(10-13-26(24)39-29(25)27(17-34)38-23)33-30(36)32-20-8-11-22(37-2)12-9-20/h3-14,18,23,25,27,29,34H,15-17H2,1-2H3,(H,31,35)(H2,32,33,36)/t18-,23+,25-,27+,29+/m0/s1. The highest BCUT2D eigenvalue weighted by Crippen LogP contribution is 2.47. The van der Waals surface area contributed by atoms with Gasteiger partial charge in [-0.2, -0.15) is 0 Å². The fourth-order valence-electron chi connectivity index (χ4n) is 5.27. The number of aliphatic hydroxyl groups is 1. The monoisotopic (exact) mass is 531 g/mol. The SMILES string of the molecule is COc1ccc(NC(=O)Nc2ccc3c(c2)[C@@H]2C[C@H](CC(=O)N[C@@H](C)c4ccccc4)O[C@H](CO)[C@@H]2O3)cc1. The normalized spacial score (nSPS) is 22.0. The van der Waals surface area contributed by atoms with Crippen molar-refractivity contribution in [2.75, 3.05) is 24.4 Å². The van der Waals surface area contributed by atoms with Crippen LogP contribution in [0.25, 0.3) is 0 Å². The average Bonchev–Trinajstić information content (AvgIpc) is 3.31. The Morgan fingerprint density at radius 3 is 2.46 bits per heavy atom. The lowest BCUT2D eigenvalue weighted by Crippen LogP contribution is -2.47. The van der Waals surface area contributed by atoms with Gasteiger partial charge in [0.15, 0.2) is 0 Å². The highest BCUT2D eigenvalue weighted by Gasteiger charge is 2.46. The maximum absolute atomic E-state index is 12.8. The zero-order valence-electron chi connectivity index (χ0n) is 21.9. The van der Waals surface area contributed by atoms with Gasteiger partial charge in [-0.1, -0.05) is 30.3 Å². The first-order valence-electron chi connectivity index (χ1n) is 13.1. The summed E-state index contributed by atoms with van der Waals surface area (Å²) in [5.41, 5.74) is 3.20. The Bertz CT molecular complexity index is 1300. The lowest BCUT2D eigenvalue weighted by atomic mass is 9.84. The summed E-state index contributed by atoms with van der Waals surface area (Å²) < 4.78 is 17.4. The van der Waals surface area contributed by atoms with E-state index in [1.165, 1.54) is 0 Å². The first-order valence-corrected chi connectivity index (χ1v) is 13.1. The molecule has 9 heteroatoms. The molecular formula is C30H33N3O6. The van der Waals surface area contributed by atoms with E-state index < -0.39 is 6.10 Å². The molecule has 2 aliphatic rings. The van der Waals surface area contributed by atoms with Crippen molar-refractivity contribution in [2.45, 2.75) is 50.0 Å². The number of nitrogens with one attached hydrogen (secondary N) is 3. The highest BCUT2D eigenvalue weighted by molar-refractivity contribution is 5.99. The molecule has 0 aromatic heterocycles. The van der Waals surface area contributed by atoms with Gasteiger partial charge in [-0.25, -0.2) is 4.79 Å². The summed E-state index contributed by atoms with van der Waals surface area (Å²) in [5.74, 6) is 1.20. The third-order valence-corrected chi connectivity index (χ3v) is 7.20. The van der Waals surface area contributed by atoms with Crippen molar-refractivity contribution in [2.24, 2.45) is 0 Å². The molecule has 0 radical (unpaired) electrons. The second kappa shape index (κ2) is 11.8. The van der Waals surface area contributed by atoms with Gasteiger partial charge in [0.05, 0.1) is 32.3 Å². The summed E-state index contributed by atoms with van der Waals surface area (Å²) in [6.45, 7) is 1.73. The molecular weight excluding hydrogens is 498 g/mol. The molecule has 1 fully saturated rings. The molecule has 1 saturated heterocycles. The van der Waals surface area contributed by atoms with Crippen LogP contribution in [0.4, 0.5) is 16.2 Å². The number of ether oxygens (including phenoxy) is 3. The van der Waals surface area contributed by atoms with E-state index in [1.807, 2.05) is 49.4 Å². The molecule has 2 heterocycles.